The number of halogens is 3. The second-order valence-corrected chi connectivity index (χ2v) is 7.93. The van der Waals surface area contributed by atoms with Gasteiger partial charge in [0.1, 0.15) is 5.82 Å². The van der Waals surface area contributed by atoms with Gasteiger partial charge in [0.2, 0.25) is 5.91 Å². The minimum atomic E-state index is -1.22. The molecule has 4 rings (SSSR count). The van der Waals surface area contributed by atoms with Gasteiger partial charge in [-0.3, -0.25) is 4.79 Å². The number of carboxylic acids is 1. The zero-order chi connectivity index (χ0) is 22.3. The Morgan fingerprint density at radius 1 is 1.13 bits per heavy atom. The SMILES string of the molecule is CC(=O)N1C/C(=C\c2ccc(F)cc2)c2c(c(C(=O)O)nn2-c2ccc(Cl)cc2Cl)C1. The van der Waals surface area contributed by atoms with Gasteiger partial charge in [-0.15, -0.1) is 0 Å². The first-order chi connectivity index (χ1) is 14.7. The Kier molecular flexibility index (Phi) is 5.56. The van der Waals surface area contributed by atoms with Crippen molar-refractivity contribution in [1.82, 2.24) is 14.7 Å². The van der Waals surface area contributed by atoms with Crippen LogP contribution in [0.15, 0.2) is 42.5 Å². The summed E-state index contributed by atoms with van der Waals surface area (Å²) in [5.41, 5.74) is 2.55. The van der Waals surface area contributed by atoms with Crippen LogP contribution < -0.4 is 0 Å². The van der Waals surface area contributed by atoms with Crippen LogP contribution in [0.4, 0.5) is 4.39 Å². The molecule has 2 aromatic carbocycles. The first-order valence-corrected chi connectivity index (χ1v) is 10.0. The third-order valence-electron chi connectivity index (χ3n) is 4.99. The van der Waals surface area contributed by atoms with E-state index >= 15 is 0 Å². The van der Waals surface area contributed by atoms with Gasteiger partial charge in [0, 0.05) is 24.1 Å². The van der Waals surface area contributed by atoms with Gasteiger partial charge < -0.3 is 10.0 Å². The standard InChI is InChI=1S/C22H16Cl2FN3O3/c1-12(29)27-10-14(8-13-2-5-16(25)6-3-13)21-17(11-27)20(22(30)31)26-28(21)19-7-4-15(23)9-18(19)24/h2-9H,10-11H2,1H3,(H,30,31)/b14-8+. The number of rotatable bonds is 3. The minimum absolute atomic E-state index is 0.0955. The summed E-state index contributed by atoms with van der Waals surface area (Å²) in [6, 6.07) is 10.7. The first kappa shape index (κ1) is 21.1. The number of benzene rings is 2. The lowest BCUT2D eigenvalue weighted by Gasteiger charge is -2.29. The molecule has 1 amide bonds. The van der Waals surface area contributed by atoms with E-state index in [-0.39, 0.29) is 30.5 Å². The highest BCUT2D eigenvalue weighted by Gasteiger charge is 2.33. The summed E-state index contributed by atoms with van der Waals surface area (Å²) < 4.78 is 14.8. The molecule has 0 unspecified atom stereocenters. The van der Waals surface area contributed by atoms with E-state index in [0.717, 1.165) is 0 Å². The maximum atomic E-state index is 13.3. The van der Waals surface area contributed by atoms with Crippen molar-refractivity contribution >= 4 is 46.7 Å². The molecule has 1 aliphatic heterocycles. The number of aromatic nitrogens is 2. The van der Waals surface area contributed by atoms with Gasteiger partial charge in [0.15, 0.2) is 5.69 Å². The Hall–Kier alpha value is -3.16. The lowest BCUT2D eigenvalue weighted by molar-refractivity contribution is -0.128. The van der Waals surface area contributed by atoms with E-state index in [0.29, 0.717) is 38.1 Å². The minimum Gasteiger partial charge on any atom is -0.476 e. The van der Waals surface area contributed by atoms with Gasteiger partial charge in [-0.1, -0.05) is 35.3 Å². The summed E-state index contributed by atoms with van der Waals surface area (Å²) >= 11 is 12.4. The van der Waals surface area contributed by atoms with Crippen molar-refractivity contribution in [3.05, 3.63) is 80.8 Å². The number of amides is 1. The van der Waals surface area contributed by atoms with E-state index in [9.17, 15) is 19.1 Å². The van der Waals surface area contributed by atoms with Crippen molar-refractivity contribution in [3.63, 3.8) is 0 Å². The molecule has 0 bridgehead atoms. The molecular formula is C22H16Cl2FN3O3. The zero-order valence-electron chi connectivity index (χ0n) is 16.3. The molecule has 1 aliphatic rings. The van der Waals surface area contributed by atoms with Crippen molar-refractivity contribution in [3.8, 4) is 5.69 Å². The van der Waals surface area contributed by atoms with E-state index in [2.05, 4.69) is 5.10 Å². The van der Waals surface area contributed by atoms with Crippen LogP contribution in [0.2, 0.25) is 10.0 Å². The molecule has 3 aromatic rings. The number of aromatic carboxylic acids is 1. The largest absolute Gasteiger partial charge is 0.476 e. The number of carbonyl (C=O) groups excluding carboxylic acids is 1. The topological polar surface area (TPSA) is 75.4 Å². The van der Waals surface area contributed by atoms with Gasteiger partial charge >= 0.3 is 5.97 Å². The molecule has 6 nitrogen and oxygen atoms in total. The predicted molar refractivity (Wildman–Crippen MR) is 116 cm³/mol. The third kappa shape index (κ3) is 4.06. The van der Waals surface area contributed by atoms with Crippen molar-refractivity contribution in [2.75, 3.05) is 6.54 Å². The first-order valence-electron chi connectivity index (χ1n) is 9.27. The molecule has 1 aromatic heterocycles. The Morgan fingerprint density at radius 3 is 2.45 bits per heavy atom. The summed E-state index contributed by atoms with van der Waals surface area (Å²) in [5, 5.41) is 14.8. The fraction of sp³-hybridized carbons (Fsp3) is 0.136. The summed E-state index contributed by atoms with van der Waals surface area (Å²) in [4.78, 5) is 25.6. The number of carboxylic acid groups (broad SMARTS) is 1. The Labute approximate surface area is 187 Å². The summed E-state index contributed by atoms with van der Waals surface area (Å²) in [6.07, 6.45) is 1.78. The van der Waals surface area contributed by atoms with Gasteiger partial charge in [-0.05, 0) is 47.5 Å². The number of nitrogens with zero attached hydrogens (tertiary/aromatic N) is 3. The summed E-state index contributed by atoms with van der Waals surface area (Å²) in [5.74, 6) is -1.79. The van der Waals surface area contributed by atoms with Gasteiger partial charge in [-0.25, -0.2) is 13.9 Å². The summed E-state index contributed by atoms with van der Waals surface area (Å²) in [7, 11) is 0. The maximum Gasteiger partial charge on any atom is 0.356 e. The Morgan fingerprint density at radius 2 is 1.84 bits per heavy atom. The number of fused-ring (bicyclic) bond motifs is 1. The van der Waals surface area contributed by atoms with E-state index < -0.39 is 5.97 Å². The second kappa shape index (κ2) is 8.17. The van der Waals surface area contributed by atoms with Crippen LogP contribution in [0, 0.1) is 5.82 Å². The molecule has 1 N–H and O–H groups in total. The van der Waals surface area contributed by atoms with Crippen molar-refractivity contribution in [2.45, 2.75) is 13.5 Å². The van der Waals surface area contributed by atoms with E-state index in [1.807, 2.05) is 0 Å². The number of carbonyl (C=O) groups is 2. The molecule has 0 aliphatic carbocycles. The second-order valence-electron chi connectivity index (χ2n) is 7.08. The zero-order valence-corrected chi connectivity index (χ0v) is 17.8. The van der Waals surface area contributed by atoms with Crippen molar-refractivity contribution in [2.24, 2.45) is 0 Å². The number of hydrogen-bond donors (Lipinski definition) is 1. The van der Waals surface area contributed by atoms with Gasteiger partial charge in [0.25, 0.3) is 0 Å². The molecule has 9 heteroatoms. The fourth-order valence-electron chi connectivity index (χ4n) is 3.55. The average molecular weight is 460 g/mol. The van der Waals surface area contributed by atoms with Gasteiger partial charge in [-0.2, -0.15) is 5.10 Å². The molecule has 0 saturated heterocycles. The van der Waals surface area contributed by atoms with Crippen molar-refractivity contribution < 1.29 is 19.1 Å². The molecule has 158 valence electrons. The van der Waals surface area contributed by atoms with Crippen molar-refractivity contribution in [1.29, 1.82) is 0 Å². The molecule has 31 heavy (non-hydrogen) atoms. The molecular weight excluding hydrogens is 444 g/mol. The number of hydrogen-bond acceptors (Lipinski definition) is 3. The Bertz CT molecular complexity index is 1240. The molecule has 0 atom stereocenters. The molecule has 0 spiro atoms. The highest BCUT2D eigenvalue weighted by molar-refractivity contribution is 6.35. The lowest BCUT2D eigenvalue weighted by Crippen LogP contribution is -2.34. The smallest absolute Gasteiger partial charge is 0.356 e. The maximum absolute atomic E-state index is 13.3. The Balaban J connectivity index is 1.98. The quantitative estimate of drug-likeness (QED) is 0.602. The fourth-order valence-corrected chi connectivity index (χ4v) is 4.04. The van der Waals surface area contributed by atoms with Crippen LogP contribution >= 0.6 is 23.2 Å². The van der Waals surface area contributed by atoms with Crippen LogP contribution in [0.5, 0.6) is 0 Å². The van der Waals surface area contributed by atoms with E-state index in [1.165, 1.54) is 28.6 Å². The van der Waals surface area contributed by atoms with Crippen LogP contribution in [0.1, 0.15) is 34.2 Å². The van der Waals surface area contributed by atoms with E-state index in [1.54, 1.807) is 36.4 Å². The van der Waals surface area contributed by atoms with E-state index in [4.69, 9.17) is 23.2 Å². The average Bonchev–Trinajstić information content (AvgIpc) is 3.09. The predicted octanol–water partition coefficient (Wildman–Crippen LogP) is 4.92. The lowest BCUT2D eigenvalue weighted by atomic mass is 9.97. The van der Waals surface area contributed by atoms with Crippen LogP contribution in [0.25, 0.3) is 17.3 Å². The van der Waals surface area contributed by atoms with Crippen LogP contribution in [-0.2, 0) is 11.3 Å². The highest BCUT2D eigenvalue weighted by Crippen LogP contribution is 2.35. The normalized spacial score (nSPS) is 14.6. The van der Waals surface area contributed by atoms with Gasteiger partial charge in [0.05, 0.1) is 22.9 Å². The molecule has 0 saturated carbocycles. The highest BCUT2D eigenvalue weighted by atomic mass is 35.5. The van der Waals surface area contributed by atoms with Crippen LogP contribution in [0.3, 0.4) is 0 Å². The molecule has 0 fully saturated rings. The summed E-state index contributed by atoms with van der Waals surface area (Å²) in [6.45, 7) is 1.75. The third-order valence-corrected chi connectivity index (χ3v) is 5.53. The molecule has 0 radical (unpaired) electrons. The monoisotopic (exact) mass is 459 g/mol. The van der Waals surface area contributed by atoms with Crippen LogP contribution in [-0.4, -0.2) is 38.2 Å². The molecule has 2 heterocycles.